The van der Waals surface area contributed by atoms with Gasteiger partial charge < -0.3 is 9.84 Å². The molecule has 0 saturated carbocycles. The van der Waals surface area contributed by atoms with E-state index in [0.717, 1.165) is 22.6 Å². The van der Waals surface area contributed by atoms with E-state index in [0.29, 0.717) is 13.0 Å². The minimum Gasteiger partial charge on any atom is -0.493 e. The second kappa shape index (κ2) is 5.77. The number of hydrogen-bond acceptors (Lipinski definition) is 3. The van der Waals surface area contributed by atoms with E-state index in [9.17, 15) is 4.79 Å². The molecule has 20 heavy (non-hydrogen) atoms. The molecule has 0 aliphatic carbocycles. The molecule has 2 rings (SSSR count). The highest BCUT2D eigenvalue weighted by molar-refractivity contribution is 5.85. The number of carboxylic acids is 1. The number of aromatic nitrogens is 2. The Balaban J connectivity index is 2.01. The Morgan fingerprint density at radius 3 is 2.55 bits per heavy atom. The minimum absolute atomic E-state index is 0.0644. The molecule has 0 radical (unpaired) electrons. The highest BCUT2D eigenvalue weighted by Gasteiger charge is 2.11. The van der Waals surface area contributed by atoms with Crippen molar-refractivity contribution >= 4 is 5.97 Å². The maximum atomic E-state index is 10.8. The smallest absolute Gasteiger partial charge is 0.356 e. The van der Waals surface area contributed by atoms with Crippen LogP contribution in [0.5, 0.6) is 5.75 Å². The molecule has 2 aromatic rings. The highest BCUT2D eigenvalue weighted by Crippen LogP contribution is 2.22. The van der Waals surface area contributed by atoms with Gasteiger partial charge in [-0.1, -0.05) is 18.2 Å². The average molecular weight is 274 g/mol. The number of aryl methyl sites for hydroxylation is 3. The molecule has 0 aliphatic heterocycles. The first-order valence-electron chi connectivity index (χ1n) is 6.44. The predicted octanol–water partition coefficient (Wildman–Crippen LogP) is 2.36. The van der Waals surface area contributed by atoms with E-state index in [1.165, 1.54) is 0 Å². The number of hydrogen-bond donors (Lipinski definition) is 1. The van der Waals surface area contributed by atoms with Gasteiger partial charge in [-0.2, -0.15) is 5.10 Å². The molecule has 5 heteroatoms. The number of carbonyl (C=O) groups is 1. The molecule has 0 amide bonds. The van der Waals surface area contributed by atoms with Gasteiger partial charge in [-0.05, 0) is 31.0 Å². The Morgan fingerprint density at radius 1 is 1.35 bits per heavy atom. The Morgan fingerprint density at radius 2 is 2.00 bits per heavy atom. The predicted molar refractivity (Wildman–Crippen MR) is 75.3 cm³/mol. The Kier molecular flexibility index (Phi) is 4.08. The lowest BCUT2D eigenvalue weighted by Gasteiger charge is -2.11. The quantitative estimate of drug-likeness (QED) is 0.909. The zero-order valence-electron chi connectivity index (χ0n) is 11.9. The largest absolute Gasteiger partial charge is 0.493 e. The van der Waals surface area contributed by atoms with Crippen LogP contribution in [0, 0.1) is 13.8 Å². The average Bonchev–Trinajstić information content (AvgIpc) is 2.75. The topological polar surface area (TPSA) is 64.3 Å². The van der Waals surface area contributed by atoms with Gasteiger partial charge in [0.05, 0.1) is 6.61 Å². The summed E-state index contributed by atoms with van der Waals surface area (Å²) in [5.74, 6) is -0.115. The normalized spacial score (nSPS) is 10.6. The van der Waals surface area contributed by atoms with Crippen LogP contribution in [-0.4, -0.2) is 27.5 Å². The fourth-order valence-electron chi connectivity index (χ4n) is 2.13. The van der Waals surface area contributed by atoms with Crippen LogP contribution in [-0.2, 0) is 13.5 Å². The Hall–Kier alpha value is -2.30. The van der Waals surface area contributed by atoms with E-state index in [4.69, 9.17) is 9.84 Å². The standard InChI is InChI=1S/C15H18N2O3/c1-10-5-4-6-11(2)14(10)20-8-7-12-9-13(15(18)19)16-17(12)3/h4-6,9H,7-8H2,1-3H3,(H,18,19). The zero-order valence-corrected chi connectivity index (χ0v) is 11.9. The molecule has 0 fully saturated rings. The molecular formula is C15H18N2O3. The van der Waals surface area contributed by atoms with Gasteiger partial charge in [0.25, 0.3) is 0 Å². The van der Waals surface area contributed by atoms with E-state index in [1.54, 1.807) is 17.8 Å². The van der Waals surface area contributed by atoms with Gasteiger partial charge in [-0.3, -0.25) is 4.68 Å². The summed E-state index contributed by atoms with van der Waals surface area (Å²) in [5.41, 5.74) is 3.10. The Labute approximate surface area is 117 Å². The van der Waals surface area contributed by atoms with Crippen LogP contribution in [0.2, 0.25) is 0 Å². The number of benzene rings is 1. The van der Waals surface area contributed by atoms with E-state index < -0.39 is 5.97 Å². The maximum Gasteiger partial charge on any atom is 0.356 e. The van der Waals surface area contributed by atoms with Gasteiger partial charge >= 0.3 is 5.97 Å². The number of ether oxygens (including phenoxy) is 1. The molecule has 0 aliphatic rings. The second-order valence-electron chi connectivity index (χ2n) is 4.77. The highest BCUT2D eigenvalue weighted by atomic mass is 16.5. The molecule has 0 spiro atoms. The van der Waals surface area contributed by atoms with Crippen LogP contribution >= 0.6 is 0 Å². The van der Waals surface area contributed by atoms with Crippen molar-refractivity contribution in [1.29, 1.82) is 0 Å². The summed E-state index contributed by atoms with van der Waals surface area (Å²) < 4.78 is 7.39. The van der Waals surface area contributed by atoms with Crippen LogP contribution in [0.15, 0.2) is 24.3 Å². The minimum atomic E-state index is -1.01. The third-order valence-electron chi connectivity index (χ3n) is 3.21. The van der Waals surface area contributed by atoms with Gasteiger partial charge in [-0.25, -0.2) is 4.79 Å². The first-order valence-corrected chi connectivity index (χ1v) is 6.44. The molecule has 106 valence electrons. The number of para-hydroxylation sites is 1. The van der Waals surface area contributed by atoms with Crippen molar-refractivity contribution in [2.75, 3.05) is 6.61 Å². The summed E-state index contributed by atoms with van der Waals surface area (Å²) in [6.07, 6.45) is 0.616. The van der Waals surface area contributed by atoms with Crippen molar-refractivity contribution in [2.24, 2.45) is 7.05 Å². The number of aromatic carboxylic acids is 1. The molecule has 0 unspecified atom stereocenters. The SMILES string of the molecule is Cc1cccc(C)c1OCCc1cc(C(=O)O)nn1C. The van der Waals surface area contributed by atoms with Crippen LogP contribution in [0.4, 0.5) is 0 Å². The third kappa shape index (κ3) is 2.99. The van der Waals surface area contributed by atoms with Crippen LogP contribution < -0.4 is 4.74 Å². The number of rotatable bonds is 5. The lowest BCUT2D eigenvalue weighted by Crippen LogP contribution is -2.07. The van der Waals surface area contributed by atoms with Crippen molar-refractivity contribution < 1.29 is 14.6 Å². The molecule has 0 saturated heterocycles. The van der Waals surface area contributed by atoms with E-state index >= 15 is 0 Å². The van der Waals surface area contributed by atoms with Crippen LogP contribution in [0.1, 0.15) is 27.3 Å². The fourth-order valence-corrected chi connectivity index (χ4v) is 2.13. The van der Waals surface area contributed by atoms with Crippen LogP contribution in [0.25, 0.3) is 0 Å². The fraction of sp³-hybridized carbons (Fsp3) is 0.333. The maximum absolute atomic E-state index is 10.8. The van der Waals surface area contributed by atoms with Crippen molar-refractivity contribution in [3.8, 4) is 5.75 Å². The summed E-state index contributed by atoms with van der Waals surface area (Å²) >= 11 is 0. The van der Waals surface area contributed by atoms with Crippen molar-refractivity contribution in [3.05, 3.63) is 46.8 Å². The lowest BCUT2D eigenvalue weighted by atomic mass is 10.1. The summed E-state index contributed by atoms with van der Waals surface area (Å²) in [4.78, 5) is 10.8. The number of carboxylic acid groups (broad SMARTS) is 1. The third-order valence-corrected chi connectivity index (χ3v) is 3.21. The van der Waals surface area contributed by atoms with E-state index in [1.807, 2.05) is 32.0 Å². The van der Waals surface area contributed by atoms with Gasteiger partial charge in [0, 0.05) is 19.2 Å². The second-order valence-corrected chi connectivity index (χ2v) is 4.77. The zero-order chi connectivity index (χ0) is 14.7. The summed E-state index contributed by atoms with van der Waals surface area (Å²) in [6.45, 7) is 4.51. The monoisotopic (exact) mass is 274 g/mol. The van der Waals surface area contributed by atoms with Crippen molar-refractivity contribution in [3.63, 3.8) is 0 Å². The summed E-state index contributed by atoms with van der Waals surface area (Å²) in [5, 5.41) is 12.8. The molecule has 1 aromatic heterocycles. The van der Waals surface area contributed by atoms with Crippen LogP contribution in [0.3, 0.4) is 0 Å². The molecule has 5 nitrogen and oxygen atoms in total. The lowest BCUT2D eigenvalue weighted by molar-refractivity contribution is 0.0689. The number of nitrogens with zero attached hydrogens (tertiary/aromatic N) is 2. The molecule has 1 heterocycles. The van der Waals surface area contributed by atoms with Gasteiger partial charge in [0.1, 0.15) is 5.75 Å². The first kappa shape index (κ1) is 14.1. The molecule has 0 atom stereocenters. The van der Waals surface area contributed by atoms with E-state index in [-0.39, 0.29) is 5.69 Å². The van der Waals surface area contributed by atoms with Gasteiger partial charge in [0.2, 0.25) is 0 Å². The Bertz CT molecular complexity index is 612. The molecule has 1 N–H and O–H groups in total. The van der Waals surface area contributed by atoms with Gasteiger partial charge in [0.15, 0.2) is 5.69 Å². The summed E-state index contributed by atoms with van der Waals surface area (Å²) in [6, 6.07) is 7.60. The van der Waals surface area contributed by atoms with Crippen molar-refractivity contribution in [1.82, 2.24) is 9.78 Å². The van der Waals surface area contributed by atoms with Crippen molar-refractivity contribution in [2.45, 2.75) is 20.3 Å². The van der Waals surface area contributed by atoms with E-state index in [2.05, 4.69) is 5.10 Å². The molecule has 0 bridgehead atoms. The summed E-state index contributed by atoms with van der Waals surface area (Å²) in [7, 11) is 1.74. The van der Waals surface area contributed by atoms with Gasteiger partial charge in [-0.15, -0.1) is 0 Å². The first-order chi connectivity index (χ1) is 9.49. The molecule has 1 aromatic carbocycles. The molecular weight excluding hydrogens is 256 g/mol.